The van der Waals surface area contributed by atoms with Crippen molar-refractivity contribution in [1.29, 1.82) is 0 Å². The van der Waals surface area contributed by atoms with Gasteiger partial charge < -0.3 is 5.73 Å². The van der Waals surface area contributed by atoms with Crippen molar-refractivity contribution in [2.45, 2.75) is 44.2 Å². The Bertz CT molecular complexity index is 365. The van der Waals surface area contributed by atoms with E-state index in [1.54, 1.807) is 0 Å². The summed E-state index contributed by atoms with van der Waals surface area (Å²) in [7, 11) is 0. The zero-order valence-electron chi connectivity index (χ0n) is 10.8. The third kappa shape index (κ3) is 3.47. The molecule has 2 fully saturated rings. The number of likely N-dealkylation sites (tertiary alicyclic amines) is 1. The van der Waals surface area contributed by atoms with Gasteiger partial charge in [-0.05, 0) is 55.8 Å². The number of benzene rings is 1. The van der Waals surface area contributed by atoms with Gasteiger partial charge in [0.05, 0.1) is 0 Å². The van der Waals surface area contributed by atoms with Gasteiger partial charge in [0.2, 0.25) is 0 Å². The average molecular weight is 267 g/mol. The number of nitrogens with zero attached hydrogens (tertiary/aromatic N) is 1. The normalized spacial score (nSPS) is 21.6. The van der Waals surface area contributed by atoms with E-state index in [2.05, 4.69) is 29.2 Å². The van der Waals surface area contributed by atoms with Crippen LogP contribution >= 0.6 is 12.4 Å². The summed E-state index contributed by atoms with van der Waals surface area (Å²) in [6, 6.07) is 9.69. The van der Waals surface area contributed by atoms with Crippen LogP contribution in [-0.2, 0) is 6.54 Å². The molecule has 0 unspecified atom stereocenters. The molecule has 1 heterocycles. The minimum atomic E-state index is 0. The fourth-order valence-corrected chi connectivity index (χ4v) is 2.68. The zero-order valence-corrected chi connectivity index (χ0v) is 11.7. The van der Waals surface area contributed by atoms with E-state index in [-0.39, 0.29) is 12.4 Å². The van der Waals surface area contributed by atoms with Gasteiger partial charge in [0.1, 0.15) is 0 Å². The highest BCUT2D eigenvalue weighted by Crippen LogP contribution is 2.39. The highest BCUT2D eigenvalue weighted by molar-refractivity contribution is 5.85. The molecule has 2 N–H and O–H groups in total. The maximum Gasteiger partial charge on any atom is 0.0233 e. The fourth-order valence-electron chi connectivity index (χ4n) is 2.68. The van der Waals surface area contributed by atoms with Crippen molar-refractivity contribution >= 4 is 12.4 Å². The Morgan fingerprint density at radius 1 is 1.00 bits per heavy atom. The molecule has 1 saturated carbocycles. The van der Waals surface area contributed by atoms with E-state index in [1.807, 2.05) is 0 Å². The third-order valence-electron chi connectivity index (χ3n) is 4.07. The standard InChI is InChI=1S/C15H22N2.ClH/c16-15-7-9-17(10-8-15)11-12-1-3-13(4-2-12)14-5-6-14;/h1-4,14-15H,5-11,16H2;1H. The Kier molecular flexibility index (Phi) is 4.66. The number of rotatable bonds is 3. The maximum absolute atomic E-state index is 5.92. The predicted octanol–water partition coefficient (Wildman–Crippen LogP) is 2.91. The zero-order chi connectivity index (χ0) is 11.7. The van der Waals surface area contributed by atoms with Crippen molar-refractivity contribution in [3.05, 3.63) is 35.4 Å². The molecule has 2 aliphatic rings. The number of nitrogens with two attached hydrogens (primary N) is 1. The lowest BCUT2D eigenvalue weighted by molar-refractivity contribution is 0.205. The summed E-state index contributed by atoms with van der Waals surface area (Å²) in [6.45, 7) is 3.41. The summed E-state index contributed by atoms with van der Waals surface area (Å²) in [5.74, 6) is 0.872. The highest BCUT2D eigenvalue weighted by Gasteiger charge is 2.23. The average Bonchev–Trinajstić information content (AvgIpc) is 3.17. The Labute approximate surface area is 116 Å². The van der Waals surface area contributed by atoms with Gasteiger partial charge in [-0.25, -0.2) is 0 Å². The molecule has 2 nitrogen and oxygen atoms in total. The van der Waals surface area contributed by atoms with E-state index >= 15 is 0 Å². The molecule has 0 bridgehead atoms. The minimum absolute atomic E-state index is 0. The van der Waals surface area contributed by atoms with Gasteiger partial charge >= 0.3 is 0 Å². The highest BCUT2D eigenvalue weighted by atomic mass is 35.5. The third-order valence-corrected chi connectivity index (χ3v) is 4.07. The van der Waals surface area contributed by atoms with Crippen LogP contribution in [0.4, 0.5) is 0 Å². The molecule has 1 saturated heterocycles. The summed E-state index contributed by atoms with van der Waals surface area (Å²) in [5, 5.41) is 0. The second-order valence-corrected chi connectivity index (χ2v) is 5.63. The van der Waals surface area contributed by atoms with Crippen molar-refractivity contribution in [3.63, 3.8) is 0 Å². The minimum Gasteiger partial charge on any atom is -0.328 e. The second kappa shape index (κ2) is 6.05. The summed E-state index contributed by atoms with van der Waals surface area (Å²) < 4.78 is 0. The molecule has 0 spiro atoms. The van der Waals surface area contributed by atoms with E-state index in [1.165, 1.54) is 24.0 Å². The lowest BCUT2D eigenvalue weighted by Crippen LogP contribution is -2.39. The largest absolute Gasteiger partial charge is 0.328 e. The van der Waals surface area contributed by atoms with Crippen LogP contribution in [0.5, 0.6) is 0 Å². The number of hydrogen-bond donors (Lipinski definition) is 1. The van der Waals surface area contributed by atoms with Gasteiger partial charge in [-0.15, -0.1) is 12.4 Å². The number of hydrogen-bond acceptors (Lipinski definition) is 2. The molecule has 3 rings (SSSR count). The molecule has 1 aromatic rings. The van der Waals surface area contributed by atoms with E-state index < -0.39 is 0 Å². The van der Waals surface area contributed by atoms with Crippen molar-refractivity contribution < 1.29 is 0 Å². The summed E-state index contributed by atoms with van der Waals surface area (Å²) >= 11 is 0. The second-order valence-electron chi connectivity index (χ2n) is 5.63. The molecule has 18 heavy (non-hydrogen) atoms. The van der Waals surface area contributed by atoms with Gasteiger partial charge in [0, 0.05) is 12.6 Å². The molecule has 0 aromatic heterocycles. The molecule has 1 aliphatic heterocycles. The van der Waals surface area contributed by atoms with Gasteiger partial charge in [-0.3, -0.25) is 4.90 Å². The lowest BCUT2D eigenvalue weighted by Gasteiger charge is -2.30. The molecular weight excluding hydrogens is 244 g/mol. The molecule has 0 atom stereocenters. The van der Waals surface area contributed by atoms with Gasteiger partial charge in [0.15, 0.2) is 0 Å². The molecule has 1 aliphatic carbocycles. The fraction of sp³-hybridized carbons (Fsp3) is 0.600. The summed E-state index contributed by atoms with van der Waals surface area (Å²) in [5.41, 5.74) is 8.91. The maximum atomic E-state index is 5.92. The van der Waals surface area contributed by atoms with Crippen LogP contribution in [0.2, 0.25) is 0 Å². The molecule has 0 radical (unpaired) electrons. The van der Waals surface area contributed by atoms with Crippen LogP contribution < -0.4 is 5.73 Å². The Morgan fingerprint density at radius 3 is 2.17 bits per heavy atom. The molecule has 100 valence electrons. The summed E-state index contributed by atoms with van der Waals surface area (Å²) in [4.78, 5) is 2.52. The number of piperidine rings is 1. The van der Waals surface area contributed by atoms with Crippen molar-refractivity contribution in [3.8, 4) is 0 Å². The Hall–Kier alpha value is -0.570. The Balaban J connectivity index is 0.00000120. The van der Waals surface area contributed by atoms with Gasteiger partial charge in [-0.2, -0.15) is 0 Å². The first-order valence-corrected chi connectivity index (χ1v) is 6.88. The van der Waals surface area contributed by atoms with E-state index in [0.29, 0.717) is 6.04 Å². The molecule has 3 heteroatoms. The van der Waals surface area contributed by atoms with Crippen LogP contribution in [0.1, 0.15) is 42.7 Å². The molecule has 1 aromatic carbocycles. The van der Waals surface area contributed by atoms with Crippen LogP contribution in [-0.4, -0.2) is 24.0 Å². The topological polar surface area (TPSA) is 29.3 Å². The van der Waals surface area contributed by atoms with Crippen molar-refractivity contribution in [2.75, 3.05) is 13.1 Å². The van der Waals surface area contributed by atoms with E-state index in [4.69, 9.17) is 5.73 Å². The predicted molar refractivity (Wildman–Crippen MR) is 78.2 cm³/mol. The summed E-state index contributed by atoms with van der Waals surface area (Å²) in [6.07, 6.45) is 5.09. The van der Waals surface area contributed by atoms with Crippen molar-refractivity contribution in [1.82, 2.24) is 4.90 Å². The lowest BCUT2D eigenvalue weighted by atomic mass is 10.0. The first-order chi connectivity index (χ1) is 8.31. The quantitative estimate of drug-likeness (QED) is 0.912. The van der Waals surface area contributed by atoms with Gasteiger partial charge in [-0.1, -0.05) is 24.3 Å². The van der Waals surface area contributed by atoms with E-state index in [0.717, 1.165) is 38.4 Å². The van der Waals surface area contributed by atoms with E-state index in [9.17, 15) is 0 Å². The van der Waals surface area contributed by atoms with Gasteiger partial charge in [0.25, 0.3) is 0 Å². The SMILES string of the molecule is Cl.NC1CCN(Cc2ccc(C3CC3)cc2)CC1. The monoisotopic (exact) mass is 266 g/mol. The first kappa shape index (κ1) is 13.9. The Morgan fingerprint density at radius 2 is 1.61 bits per heavy atom. The van der Waals surface area contributed by atoms with Crippen LogP contribution in [0.15, 0.2) is 24.3 Å². The molecule has 0 amide bonds. The van der Waals surface area contributed by atoms with Crippen LogP contribution in [0, 0.1) is 0 Å². The van der Waals surface area contributed by atoms with Crippen LogP contribution in [0.25, 0.3) is 0 Å². The number of halogens is 1. The first-order valence-electron chi connectivity index (χ1n) is 6.88. The van der Waals surface area contributed by atoms with Crippen LogP contribution in [0.3, 0.4) is 0 Å². The molecular formula is C15H23ClN2. The van der Waals surface area contributed by atoms with Crippen molar-refractivity contribution in [2.24, 2.45) is 5.73 Å². The smallest absolute Gasteiger partial charge is 0.0233 e.